The van der Waals surface area contributed by atoms with Crippen LogP contribution in [0, 0.1) is 5.92 Å². The molecule has 0 spiro atoms. The third kappa shape index (κ3) is 9.11. The molecule has 0 unspecified atom stereocenters. The van der Waals surface area contributed by atoms with Crippen LogP contribution in [0.1, 0.15) is 30.5 Å². The van der Waals surface area contributed by atoms with E-state index in [2.05, 4.69) is 5.32 Å². The summed E-state index contributed by atoms with van der Waals surface area (Å²) in [6.07, 6.45) is 1.41. The van der Waals surface area contributed by atoms with Gasteiger partial charge in [-0.2, -0.15) is 4.31 Å². The Morgan fingerprint density at radius 1 is 0.763 bits per heavy atom. The van der Waals surface area contributed by atoms with Crippen LogP contribution in [0.15, 0.2) is 91.0 Å². The fourth-order valence-electron chi connectivity index (χ4n) is 4.08. The van der Waals surface area contributed by atoms with E-state index in [-0.39, 0.29) is 31.5 Å². The van der Waals surface area contributed by atoms with Crippen molar-refractivity contribution in [2.45, 2.75) is 39.4 Å². The van der Waals surface area contributed by atoms with Gasteiger partial charge >= 0.3 is 0 Å². The van der Waals surface area contributed by atoms with Crippen LogP contribution in [0.5, 0.6) is 0 Å². The lowest BCUT2D eigenvalue weighted by Crippen LogP contribution is -2.53. The highest BCUT2D eigenvalue weighted by molar-refractivity contribution is 7.88. The lowest BCUT2D eigenvalue weighted by atomic mass is 10.0. The summed E-state index contributed by atoms with van der Waals surface area (Å²) >= 11 is 0. The van der Waals surface area contributed by atoms with Gasteiger partial charge in [-0.3, -0.25) is 9.59 Å². The molecule has 0 bridgehead atoms. The monoisotopic (exact) mass is 535 g/mol. The van der Waals surface area contributed by atoms with Gasteiger partial charge in [0.15, 0.2) is 0 Å². The second-order valence-electron chi connectivity index (χ2n) is 9.87. The second-order valence-corrected chi connectivity index (χ2v) is 11.9. The van der Waals surface area contributed by atoms with Crippen LogP contribution < -0.4 is 5.32 Å². The molecule has 0 aliphatic rings. The highest BCUT2D eigenvalue weighted by Gasteiger charge is 2.32. The summed E-state index contributed by atoms with van der Waals surface area (Å²) in [7, 11) is -3.71. The number of amides is 2. The fraction of sp³-hybridized carbons (Fsp3) is 0.333. The predicted octanol–water partition coefficient (Wildman–Crippen LogP) is 3.86. The van der Waals surface area contributed by atoms with Gasteiger partial charge in [-0.1, -0.05) is 105 Å². The van der Waals surface area contributed by atoms with Crippen LogP contribution in [-0.2, 0) is 39.1 Å². The summed E-state index contributed by atoms with van der Waals surface area (Å²) < 4.78 is 26.6. The van der Waals surface area contributed by atoms with Crippen molar-refractivity contribution in [3.8, 4) is 0 Å². The molecule has 202 valence electrons. The minimum absolute atomic E-state index is 0.0630. The molecule has 8 heteroatoms. The molecule has 2 amide bonds. The van der Waals surface area contributed by atoms with Crippen molar-refractivity contribution in [3.63, 3.8) is 0 Å². The van der Waals surface area contributed by atoms with Gasteiger partial charge in [0.2, 0.25) is 21.8 Å². The summed E-state index contributed by atoms with van der Waals surface area (Å²) in [6.45, 7) is 4.35. The first-order chi connectivity index (χ1) is 18.1. The number of hydrogen-bond acceptors (Lipinski definition) is 4. The zero-order valence-electron chi connectivity index (χ0n) is 22.3. The van der Waals surface area contributed by atoms with Gasteiger partial charge in [-0.25, -0.2) is 8.42 Å². The first kappa shape index (κ1) is 29.1. The zero-order valence-corrected chi connectivity index (χ0v) is 23.1. The molecule has 1 N–H and O–H groups in total. The molecule has 0 aliphatic heterocycles. The van der Waals surface area contributed by atoms with E-state index in [0.29, 0.717) is 13.0 Å². The van der Waals surface area contributed by atoms with E-state index in [0.717, 1.165) is 27.3 Å². The SMILES string of the molecule is CC(C)CNC(=O)[C@@H](Cc1ccccc1)N(Cc1ccccc1)C(=O)CN(Cc1ccccc1)S(C)(=O)=O. The first-order valence-electron chi connectivity index (χ1n) is 12.8. The molecule has 38 heavy (non-hydrogen) atoms. The number of benzene rings is 3. The molecular formula is C30H37N3O4S. The summed E-state index contributed by atoms with van der Waals surface area (Å²) in [5, 5.41) is 2.98. The van der Waals surface area contributed by atoms with Crippen molar-refractivity contribution >= 4 is 21.8 Å². The molecule has 3 rings (SSSR count). The number of sulfonamides is 1. The Balaban J connectivity index is 1.96. The van der Waals surface area contributed by atoms with E-state index in [9.17, 15) is 18.0 Å². The number of carbonyl (C=O) groups excluding carboxylic acids is 2. The van der Waals surface area contributed by atoms with Gasteiger partial charge < -0.3 is 10.2 Å². The minimum Gasteiger partial charge on any atom is -0.354 e. The van der Waals surface area contributed by atoms with Gasteiger partial charge in [0.25, 0.3) is 0 Å². The predicted molar refractivity (Wildman–Crippen MR) is 150 cm³/mol. The molecular weight excluding hydrogens is 498 g/mol. The average Bonchev–Trinajstić information content (AvgIpc) is 2.90. The topological polar surface area (TPSA) is 86.8 Å². The van der Waals surface area contributed by atoms with Gasteiger partial charge in [0, 0.05) is 26.1 Å². The van der Waals surface area contributed by atoms with Crippen LogP contribution >= 0.6 is 0 Å². The minimum atomic E-state index is -3.71. The highest BCUT2D eigenvalue weighted by atomic mass is 32.2. The van der Waals surface area contributed by atoms with Crippen molar-refractivity contribution in [2.75, 3.05) is 19.3 Å². The van der Waals surface area contributed by atoms with Crippen molar-refractivity contribution < 1.29 is 18.0 Å². The number of nitrogens with zero attached hydrogens (tertiary/aromatic N) is 2. The van der Waals surface area contributed by atoms with Crippen LogP contribution in [0.25, 0.3) is 0 Å². The van der Waals surface area contributed by atoms with Gasteiger partial charge in [0.1, 0.15) is 6.04 Å². The molecule has 1 atom stereocenters. The summed E-state index contributed by atoms with van der Waals surface area (Å²) in [5.41, 5.74) is 2.53. The van der Waals surface area contributed by atoms with Crippen LogP contribution in [-0.4, -0.2) is 54.8 Å². The van der Waals surface area contributed by atoms with Gasteiger partial charge in [-0.05, 0) is 22.6 Å². The summed E-state index contributed by atoms with van der Waals surface area (Å²) in [6, 6.07) is 27.3. The Labute approximate surface area is 226 Å². The lowest BCUT2D eigenvalue weighted by molar-refractivity contribution is -0.141. The molecule has 0 saturated carbocycles. The number of rotatable bonds is 13. The number of nitrogens with one attached hydrogen (secondary N) is 1. The van der Waals surface area contributed by atoms with E-state index in [4.69, 9.17) is 0 Å². The standard InChI is InChI=1S/C30H37N3O4S/c1-24(2)20-31-30(35)28(19-25-13-7-4-8-14-25)33(22-27-17-11-6-12-18-27)29(34)23-32(38(3,36)37)21-26-15-9-5-10-16-26/h4-18,24,28H,19-23H2,1-3H3,(H,31,35)/t28-/m1/s1. The Morgan fingerprint density at radius 2 is 1.24 bits per heavy atom. The van der Waals surface area contributed by atoms with Gasteiger partial charge in [-0.15, -0.1) is 0 Å². The van der Waals surface area contributed by atoms with Crippen molar-refractivity contribution in [1.29, 1.82) is 0 Å². The van der Waals surface area contributed by atoms with E-state index in [1.54, 1.807) is 0 Å². The van der Waals surface area contributed by atoms with E-state index in [1.807, 2.05) is 105 Å². The lowest BCUT2D eigenvalue weighted by Gasteiger charge is -2.33. The maximum Gasteiger partial charge on any atom is 0.243 e. The molecule has 3 aromatic rings. The third-order valence-corrected chi connectivity index (χ3v) is 7.33. The Morgan fingerprint density at radius 3 is 1.71 bits per heavy atom. The van der Waals surface area contributed by atoms with Crippen molar-refractivity contribution in [2.24, 2.45) is 5.92 Å². The van der Waals surface area contributed by atoms with E-state index >= 15 is 0 Å². The molecule has 0 fully saturated rings. The Bertz CT molecular complexity index is 1270. The zero-order chi connectivity index (χ0) is 27.5. The van der Waals surface area contributed by atoms with Crippen molar-refractivity contribution in [1.82, 2.24) is 14.5 Å². The fourth-order valence-corrected chi connectivity index (χ4v) is 4.80. The largest absolute Gasteiger partial charge is 0.354 e. The van der Waals surface area contributed by atoms with Crippen LogP contribution in [0.3, 0.4) is 0 Å². The second kappa shape index (κ2) is 13.9. The Hall–Kier alpha value is -3.49. The van der Waals surface area contributed by atoms with Gasteiger partial charge in [0.05, 0.1) is 12.8 Å². The average molecular weight is 536 g/mol. The first-order valence-corrected chi connectivity index (χ1v) is 14.6. The number of hydrogen-bond donors (Lipinski definition) is 1. The smallest absolute Gasteiger partial charge is 0.243 e. The van der Waals surface area contributed by atoms with E-state index in [1.165, 1.54) is 4.90 Å². The molecule has 0 heterocycles. The molecule has 0 aromatic heterocycles. The van der Waals surface area contributed by atoms with Crippen molar-refractivity contribution in [3.05, 3.63) is 108 Å². The number of carbonyl (C=O) groups is 2. The molecule has 0 radical (unpaired) electrons. The van der Waals surface area contributed by atoms with Crippen LogP contribution in [0.4, 0.5) is 0 Å². The normalized spacial score (nSPS) is 12.3. The maximum absolute atomic E-state index is 13.9. The third-order valence-electron chi connectivity index (χ3n) is 6.13. The summed E-state index contributed by atoms with van der Waals surface area (Å²) in [4.78, 5) is 28.9. The summed E-state index contributed by atoms with van der Waals surface area (Å²) in [5.74, 6) is -0.460. The molecule has 0 saturated heterocycles. The molecule has 7 nitrogen and oxygen atoms in total. The van der Waals surface area contributed by atoms with E-state index < -0.39 is 22.0 Å². The van der Waals surface area contributed by atoms with Crippen LogP contribution in [0.2, 0.25) is 0 Å². The molecule has 0 aliphatic carbocycles. The molecule has 3 aromatic carbocycles. The quantitative estimate of drug-likeness (QED) is 0.360. The Kier molecular flexibility index (Phi) is 10.6. The maximum atomic E-state index is 13.9. The highest BCUT2D eigenvalue weighted by Crippen LogP contribution is 2.17.